The number of hydrogen-bond donors (Lipinski definition) is 0. The first kappa shape index (κ1) is 12.7. The van der Waals surface area contributed by atoms with Gasteiger partial charge in [-0.3, -0.25) is 4.90 Å². The van der Waals surface area contributed by atoms with Crippen molar-refractivity contribution in [1.29, 1.82) is 0 Å². The molecule has 1 saturated carbocycles. The van der Waals surface area contributed by atoms with Crippen molar-refractivity contribution in [3.05, 3.63) is 34.3 Å². The summed E-state index contributed by atoms with van der Waals surface area (Å²) < 4.78 is 1.19. The van der Waals surface area contributed by atoms with E-state index in [1.807, 2.05) is 0 Å². The molecule has 18 heavy (non-hydrogen) atoms. The summed E-state index contributed by atoms with van der Waals surface area (Å²) in [6.45, 7) is 1.31. The van der Waals surface area contributed by atoms with Crippen LogP contribution in [-0.4, -0.2) is 17.5 Å². The van der Waals surface area contributed by atoms with E-state index in [4.69, 9.17) is 0 Å². The largest absolute Gasteiger partial charge is 0.293 e. The van der Waals surface area contributed by atoms with Crippen molar-refractivity contribution in [2.24, 2.45) is 0 Å². The van der Waals surface area contributed by atoms with Gasteiger partial charge in [-0.2, -0.15) is 0 Å². The second-order valence-corrected chi connectivity index (χ2v) is 6.65. The van der Waals surface area contributed by atoms with Gasteiger partial charge >= 0.3 is 0 Å². The molecule has 1 unspecified atom stereocenters. The molecule has 3 rings (SSSR count). The highest BCUT2D eigenvalue weighted by Gasteiger charge is 2.32. The summed E-state index contributed by atoms with van der Waals surface area (Å²) in [5.41, 5.74) is 1.52. The van der Waals surface area contributed by atoms with Gasteiger partial charge in [0, 0.05) is 16.6 Å². The molecule has 0 spiro atoms. The van der Waals surface area contributed by atoms with Crippen molar-refractivity contribution >= 4 is 15.9 Å². The molecule has 0 bridgehead atoms. The summed E-state index contributed by atoms with van der Waals surface area (Å²) in [5, 5.41) is 0. The molecule has 1 heterocycles. The summed E-state index contributed by atoms with van der Waals surface area (Å²) in [5.74, 6) is 0. The van der Waals surface area contributed by atoms with E-state index in [2.05, 4.69) is 45.1 Å². The lowest BCUT2D eigenvalue weighted by molar-refractivity contribution is 0.142. The summed E-state index contributed by atoms with van der Waals surface area (Å²) in [6.07, 6.45) is 9.89. The van der Waals surface area contributed by atoms with Crippen LogP contribution in [0.3, 0.4) is 0 Å². The van der Waals surface area contributed by atoms with Crippen molar-refractivity contribution in [3.8, 4) is 0 Å². The van der Waals surface area contributed by atoms with Crippen LogP contribution in [0.15, 0.2) is 28.7 Å². The molecule has 1 aliphatic carbocycles. The van der Waals surface area contributed by atoms with Gasteiger partial charge in [-0.25, -0.2) is 0 Å². The van der Waals surface area contributed by atoms with Crippen LogP contribution >= 0.6 is 15.9 Å². The van der Waals surface area contributed by atoms with Gasteiger partial charge in [0.15, 0.2) is 0 Å². The lowest BCUT2D eigenvalue weighted by Gasteiger charge is -2.35. The van der Waals surface area contributed by atoms with E-state index in [0.29, 0.717) is 6.04 Å². The minimum atomic E-state index is 0.682. The fourth-order valence-electron chi connectivity index (χ4n) is 3.68. The molecule has 2 aliphatic rings. The first-order chi connectivity index (χ1) is 8.84. The molecule has 1 saturated heterocycles. The highest BCUT2D eigenvalue weighted by molar-refractivity contribution is 9.10. The first-order valence-electron chi connectivity index (χ1n) is 7.36. The lowest BCUT2D eigenvalue weighted by Crippen LogP contribution is -2.36. The smallest absolute Gasteiger partial charge is 0.0351 e. The van der Waals surface area contributed by atoms with Crippen molar-refractivity contribution in [3.63, 3.8) is 0 Å². The van der Waals surface area contributed by atoms with Gasteiger partial charge in [-0.1, -0.05) is 47.3 Å². The maximum absolute atomic E-state index is 3.53. The zero-order valence-electron chi connectivity index (χ0n) is 10.9. The molecule has 1 nitrogen and oxygen atoms in total. The van der Waals surface area contributed by atoms with Crippen LogP contribution in [-0.2, 0) is 0 Å². The van der Waals surface area contributed by atoms with Crippen LogP contribution in [0.1, 0.15) is 56.6 Å². The van der Waals surface area contributed by atoms with E-state index in [0.717, 1.165) is 6.04 Å². The molecule has 2 fully saturated rings. The van der Waals surface area contributed by atoms with E-state index in [1.165, 1.54) is 61.5 Å². The predicted octanol–water partition coefficient (Wildman–Crippen LogP) is 4.92. The Morgan fingerprint density at radius 2 is 1.61 bits per heavy atom. The topological polar surface area (TPSA) is 3.24 Å². The van der Waals surface area contributed by atoms with Gasteiger partial charge in [-0.15, -0.1) is 0 Å². The van der Waals surface area contributed by atoms with Gasteiger partial charge in [0.2, 0.25) is 0 Å². The fourth-order valence-corrected chi connectivity index (χ4v) is 3.95. The quantitative estimate of drug-likeness (QED) is 0.749. The maximum atomic E-state index is 3.53. The minimum Gasteiger partial charge on any atom is -0.293 e. The molecule has 0 radical (unpaired) electrons. The SMILES string of the molecule is Brc1ccc(C2CCCN2C2CCCCC2)cc1. The van der Waals surface area contributed by atoms with Crippen molar-refractivity contribution in [1.82, 2.24) is 4.90 Å². The van der Waals surface area contributed by atoms with Crippen molar-refractivity contribution < 1.29 is 0 Å². The Bertz CT molecular complexity index is 381. The molecule has 1 aromatic rings. The molecule has 2 heteroatoms. The van der Waals surface area contributed by atoms with E-state index in [-0.39, 0.29) is 0 Å². The van der Waals surface area contributed by atoms with E-state index in [9.17, 15) is 0 Å². The van der Waals surface area contributed by atoms with Gasteiger partial charge in [0.25, 0.3) is 0 Å². The zero-order valence-corrected chi connectivity index (χ0v) is 12.5. The zero-order chi connectivity index (χ0) is 12.4. The van der Waals surface area contributed by atoms with Crippen LogP contribution < -0.4 is 0 Å². The van der Waals surface area contributed by atoms with Gasteiger partial charge < -0.3 is 0 Å². The summed E-state index contributed by atoms with van der Waals surface area (Å²) >= 11 is 3.53. The number of benzene rings is 1. The van der Waals surface area contributed by atoms with Crippen LogP contribution in [0.2, 0.25) is 0 Å². The third-order valence-electron chi connectivity index (χ3n) is 4.59. The normalized spacial score (nSPS) is 26.6. The standard InChI is InChI=1S/C16H22BrN/c17-14-10-8-13(9-11-14)16-7-4-12-18(16)15-5-2-1-3-6-15/h8-11,15-16H,1-7,12H2. The Morgan fingerprint density at radius 3 is 2.33 bits per heavy atom. The van der Waals surface area contributed by atoms with Gasteiger partial charge in [-0.05, 0) is 49.9 Å². The monoisotopic (exact) mass is 307 g/mol. The fraction of sp³-hybridized carbons (Fsp3) is 0.625. The molecule has 98 valence electrons. The Hall–Kier alpha value is -0.340. The Labute approximate surface area is 119 Å². The van der Waals surface area contributed by atoms with Gasteiger partial charge in [0.05, 0.1) is 0 Å². The van der Waals surface area contributed by atoms with Crippen LogP contribution in [0.4, 0.5) is 0 Å². The molecule has 0 aromatic heterocycles. The van der Waals surface area contributed by atoms with E-state index in [1.54, 1.807) is 0 Å². The molecular weight excluding hydrogens is 286 g/mol. The number of nitrogens with zero attached hydrogens (tertiary/aromatic N) is 1. The van der Waals surface area contributed by atoms with Crippen LogP contribution in [0, 0.1) is 0 Å². The molecule has 1 aromatic carbocycles. The lowest BCUT2D eigenvalue weighted by atomic mass is 9.93. The number of halogens is 1. The Kier molecular flexibility index (Phi) is 4.05. The molecular formula is C16H22BrN. The van der Waals surface area contributed by atoms with Gasteiger partial charge in [0.1, 0.15) is 0 Å². The highest BCUT2D eigenvalue weighted by atomic mass is 79.9. The van der Waals surface area contributed by atoms with Crippen LogP contribution in [0.5, 0.6) is 0 Å². The van der Waals surface area contributed by atoms with E-state index < -0.39 is 0 Å². The number of hydrogen-bond acceptors (Lipinski definition) is 1. The number of likely N-dealkylation sites (tertiary alicyclic amines) is 1. The predicted molar refractivity (Wildman–Crippen MR) is 79.7 cm³/mol. The summed E-state index contributed by atoms with van der Waals surface area (Å²) in [7, 11) is 0. The minimum absolute atomic E-state index is 0.682. The summed E-state index contributed by atoms with van der Waals surface area (Å²) in [6, 6.07) is 10.5. The Balaban J connectivity index is 1.75. The average Bonchev–Trinajstić information content (AvgIpc) is 2.90. The number of rotatable bonds is 2. The molecule has 0 amide bonds. The first-order valence-corrected chi connectivity index (χ1v) is 8.15. The molecule has 1 atom stereocenters. The third kappa shape index (κ3) is 2.65. The maximum Gasteiger partial charge on any atom is 0.0351 e. The van der Waals surface area contributed by atoms with Crippen LogP contribution in [0.25, 0.3) is 0 Å². The van der Waals surface area contributed by atoms with E-state index >= 15 is 0 Å². The Morgan fingerprint density at radius 1 is 0.889 bits per heavy atom. The molecule has 0 N–H and O–H groups in total. The van der Waals surface area contributed by atoms with Crippen molar-refractivity contribution in [2.45, 2.75) is 57.0 Å². The second-order valence-electron chi connectivity index (χ2n) is 5.74. The second kappa shape index (κ2) is 5.75. The molecule has 1 aliphatic heterocycles. The third-order valence-corrected chi connectivity index (χ3v) is 5.12. The summed E-state index contributed by atoms with van der Waals surface area (Å²) in [4.78, 5) is 2.79. The van der Waals surface area contributed by atoms with Crippen molar-refractivity contribution in [2.75, 3.05) is 6.54 Å². The highest BCUT2D eigenvalue weighted by Crippen LogP contribution is 2.37. The average molecular weight is 308 g/mol.